The van der Waals surface area contributed by atoms with Gasteiger partial charge in [0, 0.05) is 24.4 Å². The van der Waals surface area contributed by atoms with Gasteiger partial charge >= 0.3 is 0 Å². The molecule has 2 N–H and O–H groups in total. The van der Waals surface area contributed by atoms with E-state index >= 15 is 0 Å². The summed E-state index contributed by atoms with van der Waals surface area (Å²) in [6, 6.07) is 4.48. The Bertz CT molecular complexity index is 536. The van der Waals surface area contributed by atoms with Gasteiger partial charge in [0.2, 0.25) is 5.91 Å². The first-order valence-corrected chi connectivity index (χ1v) is 6.76. The normalized spacial score (nSPS) is 21.7. The van der Waals surface area contributed by atoms with E-state index in [9.17, 15) is 14.9 Å². The van der Waals surface area contributed by atoms with Crippen molar-refractivity contribution in [1.82, 2.24) is 5.32 Å². The number of anilines is 1. The highest BCUT2D eigenvalue weighted by molar-refractivity contribution is 5.96. The Hall–Kier alpha value is -1.95. The van der Waals surface area contributed by atoms with Crippen LogP contribution in [0.15, 0.2) is 18.2 Å². The van der Waals surface area contributed by atoms with Gasteiger partial charge in [0.25, 0.3) is 5.69 Å². The Kier molecular flexibility index (Phi) is 4.04. The van der Waals surface area contributed by atoms with Crippen LogP contribution in [0, 0.1) is 22.5 Å². The molecule has 6 heteroatoms. The molecule has 0 saturated carbocycles. The van der Waals surface area contributed by atoms with Crippen LogP contribution in [-0.2, 0) is 4.79 Å². The molecule has 1 fully saturated rings. The van der Waals surface area contributed by atoms with Crippen LogP contribution in [0.4, 0.5) is 11.4 Å². The Morgan fingerprint density at radius 2 is 2.30 bits per heavy atom. The van der Waals surface area contributed by atoms with Crippen molar-refractivity contribution in [2.45, 2.75) is 26.7 Å². The third-order valence-electron chi connectivity index (χ3n) is 4.07. The number of aryl methyl sites for hydroxylation is 1. The van der Waals surface area contributed by atoms with Gasteiger partial charge in [-0.2, -0.15) is 0 Å². The molecule has 1 atom stereocenters. The second-order valence-corrected chi connectivity index (χ2v) is 5.27. The minimum atomic E-state index is -0.437. The number of nitrogens with one attached hydrogen (secondary N) is 2. The summed E-state index contributed by atoms with van der Waals surface area (Å²) in [7, 11) is 0. The van der Waals surface area contributed by atoms with E-state index in [0.717, 1.165) is 19.4 Å². The van der Waals surface area contributed by atoms with Gasteiger partial charge in [0.05, 0.1) is 10.3 Å². The molecule has 0 bridgehead atoms. The predicted molar refractivity (Wildman–Crippen MR) is 76.7 cm³/mol. The van der Waals surface area contributed by atoms with E-state index in [1.54, 1.807) is 13.0 Å². The summed E-state index contributed by atoms with van der Waals surface area (Å²) in [5, 5.41) is 16.8. The van der Waals surface area contributed by atoms with Crippen molar-refractivity contribution in [1.29, 1.82) is 0 Å². The van der Waals surface area contributed by atoms with E-state index in [0.29, 0.717) is 17.8 Å². The molecule has 1 saturated heterocycles. The van der Waals surface area contributed by atoms with Crippen molar-refractivity contribution in [3.05, 3.63) is 33.9 Å². The maximum Gasteiger partial charge on any atom is 0.269 e. The lowest BCUT2D eigenvalue weighted by Crippen LogP contribution is -2.37. The first-order valence-electron chi connectivity index (χ1n) is 6.76. The molecule has 1 aliphatic heterocycles. The summed E-state index contributed by atoms with van der Waals surface area (Å²) in [5.74, 6) is -0.0121. The van der Waals surface area contributed by atoms with Crippen molar-refractivity contribution in [3.8, 4) is 0 Å². The Morgan fingerprint density at radius 1 is 1.55 bits per heavy atom. The average molecular weight is 277 g/mol. The van der Waals surface area contributed by atoms with Crippen LogP contribution in [0.3, 0.4) is 0 Å². The Morgan fingerprint density at radius 3 is 2.80 bits per heavy atom. The minimum Gasteiger partial charge on any atom is -0.325 e. The number of hydrogen-bond donors (Lipinski definition) is 2. The fourth-order valence-corrected chi connectivity index (χ4v) is 2.56. The number of amides is 1. The molecule has 1 aromatic rings. The number of hydrogen-bond acceptors (Lipinski definition) is 4. The van der Waals surface area contributed by atoms with Crippen LogP contribution in [-0.4, -0.2) is 23.9 Å². The predicted octanol–water partition coefficient (Wildman–Crippen LogP) is 2.23. The van der Waals surface area contributed by atoms with Gasteiger partial charge in [-0.1, -0.05) is 6.92 Å². The van der Waals surface area contributed by atoms with Gasteiger partial charge in [-0.05, 0) is 37.9 Å². The lowest BCUT2D eigenvalue weighted by molar-refractivity contribution is -0.384. The molecular formula is C14H19N3O3. The largest absolute Gasteiger partial charge is 0.325 e. The van der Waals surface area contributed by atoms with Gasteiger partial charge in [0.15, 0.2) is 0 Å². The van der Waals surface area contributed by atoms with Crippen molar-refractivity contribution < 1.29 is 9.72 Å². The molecule has 1 aliphatic rings. The topological polar surface area (TPSA) is 84.3 Å². The lowest BCUT2D eigenvalue weighted by atomic mass is 9.83. The van der Waals surface area contributed by atoms with Crippen molar-refractivity contribution >= 4 is 17.3 Å². The van der Waals surface area contributed by atoms with Crippen LogP contribution < -0.4 is 10.6 Å². The van der Waals surface area contributed by atoms with E-state index in [1.807, 2.05) is 6.92 Å². The van der Waals surface area contributed by atoms with Crippen LogP contribution in [0.2, 0.25) is 0 Å². The molecule has 0 radical (unpaired) electrons. The smallest absolute Gasteiger partial charge is 0.269 e. The van der Waals surface area contributed by atoms with Gasteiger partial charge < -0.3 is 10.6 Å². The maximum absolute atomic E-state index is 12.5. The minimum absolute atomic E-state index is 0.0121. The highest BCUT2D eigenvalue weighted by atomic mass is 16.6. The number of rotatable bonds is 4. The summed E-state index contributed by atoms with van der Waals surface area (Å²) in [6.45, 7) is 5.30. The van der Waals surface area contributed by atoms with Crippen molar-refractivity contribution in [2.75, 3.05) is 18.4 Å². The van der Waals surface area contributed by atoms with E-state index in [-0.39, 0.29) is 17.0 Å². The number of nitrogens with zero attached hydrogens (tertiary/aromatic N) is 1. The fourth-order valence-electron chi connectivity index (χ4n) is 2.56. The molecule has 108 valence electrons. The fraction of sp³-hybridized carbons (Fsp3) is 0.500. The lowest BCUT2D eigenvalue weighted by Gasteiger charge is -2.25. The zero-order valence-electron chi connectivity index (χ0n) is 11.7. The van der Waals surface area contributed by atoms with Crippen LogP contribution in [0.5, 0.6) is 0 Å². The van der Waals surface area contributed by atoms with Gasteiger partial charge in [-0.25, -0.2) is 0 Å². The standard InChI is InChI=1S/C14H19N3O3/c1-3-14(6-7-15-9-14)13(18)16-12-5-4-11(17(19)20)8-10(12)2/h4-5,8,15H,3,6-7,9H2,1-2H3,(H,16,18). The molecule has 6 nitrogen and oxygen atoms in total. The molecule has 1 heterocycles. The van der Waals surface area contributed by atoms with E-state index in [1.165, 1.54) is 12.1 Å². The number of carbonyl (C=O) groups excluding carboxylic acids is 1. The molecule has 2 rings (SSSR count). The van der Waals surface area contributed by atoms with Crippen LogP contribution in [0.25, 0.3) is 0 Å². The SMILES string of the molecule is CCC1(C(=O)Nc2ccc([N+](=O)[O-])cc2C)CCNC1. The highest BCUT2D eigenvalue weighted by Crippen LogP contribution is 2.32. The number of benzene rings is 1. The van der Waals surface area contributed by atoms with Crippen LogP contribution >= 0.6 is 0 Å². The summed E-state index contributed by atoms with van der Waals surface area (Å²) < 4.78 is 0. The molecule has 0 aliphatic carbocycles. The quantitative estimate of drug-likeness (QED) is 0.653. The van der Waals surface area contributed by atoms with Crippen molar-refractivity contribution in [2.24, 2.45) is 5.41 Å². The molecule has 1 amide bonds. The first kappa shape index (κ1) is 14.5. The van der Waals surface area contributed by atoms with Crippen LogP contribution in [0.1, 0.15) is 25.3 Å². The zero-order valence-corrected chi connectivity index (χ0v) is 11.7. The average Bonchev–Trinajstić information content (AvgIpc) is 2.90. The second-order valence-electron chi connectivity index (χ2n) is 5.27. The number of carbonyl (C=O) groups is 1. The Balaban J connectivity index is 2.17. The summed E-state index contributed by atoms with van der Waals surface area (Å²) in [4.78, 5) is 22.7. The zero-order chi connectivity index (χ0) is 14.8. The van der Waals surface area contributed by atoms with Gasteiger partial charge in [0.1, 0.15) is 0 Å². The van der Waals surface area contributed by atoms with E-state index < -0.39 is 4.92 Å². The first-order chi connectivity index (χ1) is 9.48. The number of nitro benzene ring substituents is 1. The van der Waals surface area contributed by atoms with E-state index in [2.05, 4.69) is 10.6 Å². The highest BCUT2D eigenvalue weighted by Gasteiger charge is 2.39. The third-order valence-corrected chi connectivity index (χ3v) is 4.07. The molecular weight excluding hydrogens is 258 g/mol. The van der Waals surface area contributed by atoms with Crippen molar-refractivity contribution in [3.63, 3.8) is 0 Å². The van der Waals surface area contributed by atoms with Gasteiger partial charge in [-0.15, -0.1) is 0 Å². The molecule has 0 aromatic heterocycles. The molecule has 0 spiro atoms. The molecule has 20 heavy (non-hydrogen) atoms. The third kappa shape index (κ3) is 2.65. The summed E-state index contributed by atoms with van der Waals surface area (Å²) in [6.07, 6.45) is 1.60. The summed E-state index contributed by atoms with van der Waals surface area (Å²) in [5.41, 5.74) is 1.01. The number of non-ortho nitro benzene ring substituents is 1. The maximum atomic E-state index is 12.5. The monoisotopic (exact) mass is 277 g/mol. The molecule has 1 aromatic carbocycles. The second kappa shape index (κ2) is 5.58. The number of nitro groups is 1. The van der Waals surface area contributed by atoms with Gasteiger partial charge in [-0.3, -0.25) is 14.9 Å². The molecule has 1 unspecified atom stereocenters. The summed E-state index contributed by atoms with van der Waals surface area (Å²) >= 11 is 0. The van der Waals surface area contributed by atoms with E-state index in [4.69, 9.17) is 0 Å². The Labute approximate surface area is 117 Å².